The molecule has 4 aromatic rings. The van der Waals surface area contributed by atoms with Crippen molar-refractivity contribution in [2.45, 2.75) is 12.5 Å². The van der Waals surface area contributed by atoms with Crippen LogP contribution in [-0.2, 0) is 11.4 Å². The number of halogens is 2. The third-order valence-electron chi connectivity index (χ3n) is 6.55. The van der Waals surface area contributed by atoms with Gasteiger partial charge in [-0.2, -0.15) is 5.26 Å². The third kappa shape index (κ3) is 6.36. The lowest BCUT2D eigenvalue weighted by atomic mass is 9.83. The lowest BCUT2D eigenvalue weighted by Crippen LogP contribution is -2.21. The molecule has 7 nitrogen and oxygen atoms in total. The summed E-state index contributed by atoms with van der Waals surface area (Å²) in [5.41, 5.74) is 9.45. The van der Waals surface area contributed by atoms with Crippen LogP contribution in [0.25, 0.3) is 6.08 Å². The van der Waals surface area contributed by atoms with Crippen LogP contribution in [0, 0.1) is 11.3 Å². The van der Waals surface area contributed by atoms with Gasteiger partial charge >= 0.3 is 5.97 Å². The van der Waals surface area contributed by atoms with Crippen molar-refractivity contribution in [2.75, 3.05) is 7.11 Å². The molecule has 0 bridgehead atoms. The van der Waals surface area contributed by atoms with Crippen LogP contribution < -0.4 is 24.7 Å². The van der Waals surface area contributed by atoms with Crippen molar-refractivity contribution in [1.29, 1.82) is 5.26 Å². The van der Waals surface area contributed by atoms with Gasteiger partial charge in [-0.1, -0.05) is 65.7 Å². The molecule has 0 saturated heterocycles. The summed E-state index contributed by atoms with van der Waals surface area (Å²) in [6.07, 6.45) is 2.94. The molecule has 42 heavy (non-hydrogen) atoms. The zero-order valence-corrected chi connectivity index (χ0v) is 23.9. The van der Waals surface area contributed by atoms with Crippen molar-refractivity contribution < 1.29 is 23.7 Å². The van der Waals surface area contributed by atoms with E-state index in [4.69, 9.17) is 47.9 Å². The molecule has 0 aromatic heterocycles. The first-order chi connectivity index (χ1) is 20.4. The first-order valence-corrected chi connectivity index (χ1v) is 13.5. The van der Waals surface area contributed by atoms with E-state index in [0.29, 0.717) is 32.9 Å². The number of ether oxygens (including phenoxy) is 4. The van der Waals surface area contributed by atoms with E-state index in [1.165, 1.54) is 13.2 Å². The molecule has 1 heterocycles. The lowest BCUT2D eigenvalue weighted by molar-refractivity contribution is -0.128. The molecular weight excluding hydrogens is 575 g/mol. The Morgan fingerprint density at radius 2 is 1.81 bits per heavy atom. The largest absolute Gasteiger partial charge is 0.493 e. The predicted molar refractivity (Wildman–Crippen MR) is 161 cm³/mol. The van der Waals surface area contributed by atoms with E-state index in [1.54, 1.807) is 66.7 Å². The fourth-order valence-corrected chi connectivity index (χ4v) is 4.80. The van der Waals surface area contributed by atoms with Gasteiger partial charge in [-0.05, 0) is 53.6 Å². The second-order valence-electron chi connectivity index (χ2n) is 9.22. The molecule has 1 unspecified atom stereocenters. The predicted octanol–water partition coefficient (Wildman–Crippen LogP) is 7.42. The number of carbonyl (C=O) groups is 1. The Kier molecular flexibility index (Phi) is 8.68. The fraction of sp³-hybridized carbons (Fsp3) is 0.0909. The molecule has 0 fully saturated rings. The average molecular weight is 599 g/mol. The number of rotatable bonds is 8. The van der Waals surface area contributed by atoms with Gasteiger partial charge in [0.15, 0.2) is 11.5 Å². The SMILES string of the molecule is COc1cc(C2C(C#N)=C(N)Oc3cc(OC(=O)/C=C/c4ccc(Cl)cc4)ccc32)ccc1OCc1ccccc1Cl. The summed E-state index contributed by atoms with van der Waals surface area (Å²) in [7, 11) is 1.54. The van der Waals surface area contributed by atoms with Gasteiger partial charge in [0, 0.05) is 33.3 Å². The summed E-state index contributed by atoms with van der Waals surface area (Å²) in [4.78, 5) is 12.4. The highest BCUT2D eigenvalue weighted by Gasteiger charge is 2.31. The first-order valence-electron chi connectivity index (χ1n) is 12.8. The Balaban J connectivity index is 1.39. The number of hydrogen-bond acceptors (Lipinski definition) is 7. The Labute approximate surface area is 252 Å². The summed E-state index contributed by atoms with van der Waals surface area (Å²) in [6.45, 7) is 0.252. The molecule has 210 valence electrons. The number of hydrogen-bond donors (Lipinski definition) is 1. The van der Waals surface area contributed by atoms with Crippen molar-refractivity contribution in [3.05, 3.63) is 135 Å². The van der Waals surface area contributed by atoms with Crippen molar-refractivity contribution in [3.8, 4) is 29.1 Å². The van der Waals surface area contributed by atoms with Crippen molar-refractivity contribution in [3.63, 3.8) is 0 Å². The average Bonchev–Trinajstić information content (AvgIpc) is 2.99. The lowest BCUT2D eigenvalue weighted by Gasteiger charge is -2.27. The molecule has 0 saturated carbocycles. The zero-order valence-electron chi connectivity index (χ0n) is 22.3. The molecular formula is C33H24Cl2N2O5. The number of nitrogens with zero attached hydrogens (tertiary/aromatic N) is 1. The Morgan fingerprint density at radius 3 is 2.55 bits per heavy atom. The molecule has 9 heteroatoms. The summed E-state index contributed by atoms with van der Waals surface area (Å²) in [6, 6.07) is 27.0. The molecule has 0 radical (unpaired) electrons. The second-order valence-corrected chi connectivity index (χ2v) is 10.1. The van der Waals surface area contributed by atoms with E-state index in [0.717, 1.165) is 16.7 Å². The number of nitriles is 1. The monoisotopic (exact) mass is 598 g/mol. The number of esters is 1. The maximum atomic E-state index is 12.4. The number of nitrogens with two attached hydrogens (primary N) is 1. The maximum absolute atomic E-state index is 12.4. The first kappa shape index (κ1) is 28.6. The molecule has 5 rings (SSSR count). The van der Waals surface area contributed by atoms with E-state index in [-0.39, 0.29) is 23.8 Å². The highest BCUT2D eigenvalue weighted by molar-refractivity contribution is 6.31. The van der Waals surface area contributed by atoms with Gasteiger partial charge in [0.05, 0.1) is 13.0 Å². The van der Waals surface area contributed by atoms with Crippen LogP contribution >= 0.6 is 23.2 Å². The fourth-order valence-electron chi connectivity index (χ4n) is 4.48. The van der Waals surface area contributed by atoms with Gasteiger partial charge in [-0.25, -0.2) is 4.79 Å². The van der Waals surface area contributed by atoms with Crippen molar-refractivity contribution in [2.24, 2.45) is 5.73 Å². The molecule has 4 aromatic carbocycles. The van der Waals surface area contributed by atoms with Gasteiger partial charge in [0.25, 0.3) is 0 Å². The van der Waals surface area contributed by atoms with Crippen LogP contribution in [0.3, 0.4) is 0 Å². The van der Waals surface area contributed by atoms with E-state index >= 15 is 0 Å². The van der Waals surface area contributed by atoms with Crippen LogP contribution in [0.2, 0.25) is 10.0 Å². The molecule has 1 atom stereocenters. The van der Waals surface area contributed by atoms with Gasteiger partial charge in [0.1, 0.15) is 29.7 Å². The molecule has 2 N–H and O–H groups in total. The van der Waals surface area contributed by atoms with E-state index in [2.05, 4.69) is 6.07 Å². The van der Waals surface area contributed by atoms with Gasteiger partial charge < -0.3 is 24.7 Å². The van der Waals surface area contributed by atoms with E-state index in [9.17, 15) is 10.1 Å². The van der Waals surface area contributed by atoms with Crippen molar-refractivity contribution in [1.82, 2.24) is 0 Å². The van der Waals surface area contributed by atoms with Gasteiger partial charge in [0.2, 0.25) is 5.88 Å². The highest BCUT2D eigenvalue weighted by atomic mass is 35.5. The minimum Gasteiger partial charge on any atom is -0.493 e. The van der Waals surface area contributed by atoms with Crippen LogP contribution in [0.15, 0.2) is 102 Å². The number of allylic oxidation sites excluding steroid dienone is 1. The van der Waals surface area contributed by atoms with Crippen LogP contribution in [0.5, 0.6) is 23.0 Å². The highest BCUT2D eigenvalue weighted by Crippen LogP contribution is 2.45. The standard InChI is InChI=1S/C33H24Cl2N2O5/c1-39-30-16-21(9-14-28(30)40-19-22-4-2-3-5-27(22)35)32-25-13-12-24(17-29(25)42-33(37)26(32)18-36)41-31(38)15-8-20-6-10-23(34)11-7-20/h2-17,32H,19,37H2,1H3/b15-8+. The second kappa shape index (κ2) is 12.7. The van der Waals surface area contributed by atoms with E-state index in [1.807, 2.05) is 24.3 Å². The van der Waals surface area contributed by atoms with E-state index < -0.39 is 11.9 Å². The number of methoxy groups -OCH3 is 1. The summed E-state index contributed by atoms with van der Waals surface area (Å²) in [5.74, 6) is 0.433. The summed E-state index contributed by atoms with van der Waals surface area (Å²) >= 11 is 12.2. The Hall–Kier alpha value is -4.90. The Morgan fingerprint density at radius 1 is 1.02 bits per heavy atom. The maximum Gasteiger partial charge on any atom is 0.336 e. The number of carbonyl (C=O) groups excluding carboxylic acids is 1. The van der Waals surface area contributed by atoms with Crippen LogP contribution in [0.4, 0.5) is 0 Å². The Bertz CT molecular complexity index is 1740. The minimum absolute atomic E-state index is 0.0425. The van der Waals surface area contributed by atoms with Gasteiger partial charge in [-0.15, -0.1) is 0 Å². The summed E-state index contributed by atoms with van der Waals surface area (Å²) in [5, 5.41) is 11.2. The zero-order chi connectivity index (χ0) is 29.6. The molecule has 1 aliphatic rings. The minimum atomic E-state index is -0.574. The van der Waals surface area contributed by atoms with Crippen LogP contribution in [0.1, 0.15) is 28.2 Å². The molecule has 1 aliphatic heterocycles. The quantitative estimate of drug-likeness (QED) is 0.128. The van der Waals surface area contributed by atoms with Gasteiger partial charge in [-0.3, -0.25) is 0 Å². The number of benzene rings is 4. The topological polar surface area (TPSA) is 104 Å². The molecule has 0 spiro atoms. The third-order valence-corrected chi connectivity index (χ3v) is 7.17. The number of fused-ring (bicyclic) bond motifs is 1. The molecule has 0 aliphatic carbocycles. The summed E-state index contributed by atoms with van der Waals surface area (Å²) < 4.78 is 22.9. The van der Waals surface area contributed by atoms with Crippen LogP contribution in [-0.4, -0.2) is 13.1 Å². The normalized spacial score (nSPS) is 14.1. The smallest absolute Gasteiger partial charge is 0.336 e. The van der Waals surface area contributed by atoms with Crippen molar-refractivity contribution >= 4 is 35.2 Å². The molecule has 0 amide bonds.